The van der Waals surface area contributed by atoms with Crippen LogP contribution in [0.2, 0.25) is 0 Å². The first-order chi connectivity index (χ1) is 5.69. The van der Waals surface area contributed by atoms with Crippen molar-refractivity contribution in [3.8, 4) is 0 Å². The second-order valence-corrected chi connectivity index (χ2v) is 4.27. The topological polar surface area (TPSA) is 60.7 Å². The molecule has 0 saturated carbocycles. The van der Waals surface area contributed by atoms with Gasteiger partial charge >= 0.3 is 0 Å². The van der Waals surface area contributed by atoms with E-state index in [2.05, 4.69) is 6.58 Å². The molecule has 3 nitrogen and oxygen atoms in total. The van der Waals surface area contributed by atoms with Gasteiger partial charge in [0.15, 0.2) is 0 Å². The molecule has 0 spiro atoms. The summed E-state index contributed by atoms with van der Waals surface area (Å²) < 4.78 is 0. The molecule has 0 bridgehead atoms. The third kappa shape index (κ3) is 5.03. The SMILES string of the molecule is C=C[C@](C)(O)CC[C@H](O)C(C)(C)O. The Morgan fingerprint density at radius 1 is 1.31 bits per heavy atom. The summed E-state index contributed by atoms with van der Waals surface area (Å²) in [6, 6.07) is 0. The van der Waals surface area contributed by atoms with Crippen molar-refractivity contribution in [2.24, 2.45) is 0 Å². The standard InChI is InChI=1S/C10H20O3/c1-5-10(4,13)7-6-8(11)9(2,3)12/h5,8,11-13H,1,6-7H2,2-4H3/t8-,10-/m0/s1. The highest BCUT2D eigenvalue weighted by molar-refractivity contribution is 4.92. The predicted octanol–water partition coefficient (Wildman–Crippen LogP) is 0.835. The van der Waals surface area contributed by atoms with Gasteiger partial charge in [-0.25, -0.2) is 0 Å². The van der Waals surface area contributed by atoms with Gasteiger partial charge in [0.25, 0.3) is 0 Å². The van der Waals surface area contributed by atoms with Gasteiger partial charge in [0.1, 0.15) is 0 Å². The van der Waals surface area contributed by atoms with E-state index in [4.69, 9.17) is 0 Å². The fourth-order valence-corrected chi connectivity index (χ4v) is 0.884. The van der Waals surface area contributed by atoms with E-state index in [0.717, 1.165) is 0 Å². The van der Waals surface area contributed by atoms with E-state index in [1.165, 1.54) is 6.08 Å². The van der Waals surface area contributed by atoms with Gasteiger partial charge in [-0.05, 0) is 33.6 Å². The fourth-order valence-electron chi connectivity index (χ4n) is 0.884. The van der Waals surface area contributed by atoms with Crippen LogP contribution < -0.4 is 0 Å². The lowest BCUT2D eigenvalue weighted by Crippen LogP contribution is -2.37. The molecule has 0 aromatic heterocycles. The molecule has 78 valence electrons. The third-order valence-electron chi connectivity index (χ3n) is 2.18. The van der Waals surface area contributed by atoms with Gasteiger partial charge in [0, 0.05) is 0 Å². The number of aliphatic hydroxyl groups excluding tert-OH is 1. The van der Waals surface area contributed by atoms with Crippen LogP contribution in [0.15, 0.2) is 12.7 Å². The van der Waals surface area contributed by atoms with Crippen LogP contribution in [0.5, 0.6) is 0 Å². The molecule has 0 fully saturated rings. The van der Waals surface area contributed by atoms with Crippen LogP contribution >= 0.6 is 0 Å². The molecule has 0 heterocycles. The van der Waals surface area contributed by atoms with E-state index in [1.54, 1.807) is 20.8 Å². The van der Waals surface area contributed by atoms with Crippen molar-refractivity contribution in [2.45, 2.75) is 50.9 Å². The minimum Gasteiger partial charge on any atom is -0.390 e. The van der Waals surface area contributed by atoms with Crippen molar-refractivity contribution in [3.63, 3.8) is 0 Å². The quantitative estimate of drug-likeness (QED) is 0.560. The van der Waals surface area contributed by atoms with Crippen LogP contribution in [0.3, 0.4) is 0 Å². The molecule has 0 aliphatic carbocycles. The molecule has 0 aromatic rings. The highest BCUT2D eigenvalue weighted by atomic mass is 16.3. The van der Waals surface area contributed by atoms with Crippen LogP contribution in [0.25, 0.3) is 0 Å². The van der Waals surface area contributed by atoms with Gasteiger partial charge < -0.3 is 15.3 Å². The largest absolute Gasteiger partial charge is 0.390 e. The summed E-state index contributed by atoms with van der Waals surface area (Å²) >= 11 is 0. The summed E-state index contributed by atoms with van der Waals surface area (Å²) in [7, 11) is 0. The van der Waals surface area contributed by atoms with E-state index in [-0.39, 0.29) is 0 Å². The maximum Gasteiger partial charge on any atom is 0.0849 e. The number of rotatable bonds is 5. The zero-order valence-corrected chi connectivity index (χ0v) is 8.62. The van der Waals surface area contributed by atoms with Crippen molar-refractivity contribution in [3.05, 3.63) is 12.7 Å². The van der Waals surface area contributed by atoms with Gasteiger partial charge in [-0.2, -0.15) is 0 Å². The highest BCUT2D eigenvalue weighted by Gasteiger charge is 2.26. The molecule has 13 heavy (non-hydrogen) atoms. The molecular weight excluding hydrogens is 168 g/mol. The zero-order valence-electron chi connectivity index (χ0n) is 8.62. The summed E-state index contributed by atoms with van der Waals surface area (Å²) in [5.74, 6) is 0. The Morgan fingerprint density at radius 2 is 1.77 bits per heavy atom. The van der Waals surface area contributed by atoms with Gasteiger partial charge in [-0.15, -0.1) is 6.58 Å². The molecular formula is C10H20O3. The summed E-state index contributed by atoms with van der Waals surface area (Å²) in [6.07, 6.45) is 1.35. The molecule has 0 rings (SSSR count). The Labute approximate surface area is 79.7 Å². The summed E-state index contributed by atoms with van der Waals surface area (Å²) in [5, 5.41) is 28.4. The minimum absolute atomic E-state index is 0.350. The molecule has 0 aromatic carbocycles. The molecule has 0 saturated heterocycles. The lowest BCUT2D eigenvalue weighted by Gasteiger charge is -2.27. The van der Waals surface area contributed by atoms with Crippen molar-refractivity contribution in [1.82, 2.24) is 0 Å². The van der Waals surface area contributed by atoms with Gasteiger partial charge in [-0.1, -0.05) is 6.08 Å². The lowest BCUT2D eigenvalue weighted by atomic mass is 9.92. The van der Waals surface area contributed by atoms with E-state index in [9.17, 15) is 15.3 Å². The third-order valence-corrected chi connectivity index (χ3v) is 2.18. The zero-order chi connectivity index (χ0) is 10.7. The second-order valence-electron chi connectivity index (χ2n) is 4.27. The minimum atomic E-state index is -1.11. The Balaban J connectivity index is 3.97. The normalized spacial score (nSPS) is 19.2. The number of hydrogen-bond acceptors (Lipinski definition) is 3. The van der Waals surface area contributed by atoms with Gasteiger partial charge in [0.2, 0.25) is 0 Å². The van der Waals surface area contributed by atoms with Crippen molar-refractivity contribution in [2.75, 3.05) is 0 Å². The first-order valence-electron chi connectivity index (χ1n) is 4.45. The second kappa shape index (κ2) is 4.22. The summed E-state index contributed by atoms with van der Waals surface area (Å²) in [6.45, 7) is 8.18. The number of hydrogen-bond donors (Lipinski definition) is 3. The molecule has 0 aliphatic heterocycles. The monoisotopic (exact) mass is 188 g/mol. The van der Waals surface area contributed by atoms with Crippen LogP contribution in [0.4, 0.5) is 0 Å². The van der Waals surface area contributed by atoms with Crippen molar-refractivity contribution < 1.29 is 15.3 Å². The van der Waals surface area contributed by atoms with E-state index < -0.39 is 17.3 Å². The fraction of sp³-hybridized carbons (Fsp3) is 0.800. The van der Waals surface area contributed by atoms with Crippen LogP contribution in [-0.4, -0.2) is 32.6 Å². The smallest absolute Gasteiger partial charge is 0.0849 e. The first-order valence-corrected chi connectivity index (χ1v) is 4.45. The molecule has 0 radical (unpaired) electrons. The Hall–Kier alpha value is -0.380. The summed E-state index contributed by atoms with van der Waals surface area (Å²) in [5.41, 5.74) is -2.08. The lowest BCUT2D eigenvalue weighted by molar-refractivity contribution is -0.0591. The molecule has 0 unspecified atom stereocenters. The van der Waals surface area contributed by atoms with Crippen LogP contribution in [-0.2, 0) is 0 Å². The molecule has 2 atom stereocenters. The maximum atomic E-state index is 9.53. The van der Waals surface area contributed by atoms with Crippen LogP contribution in [0.1, 0.15) is 33.6 Å². The average molecular weight is 188 g/mol. The van der Waals surface area contributed by atoms with E-state index in [1.807, 2.05) is 0 Å². The average Bonchev–Trinajstić information content (AvgIpc) is 1.98. The van der Waals surface area contributed by atoms with Gasteiger partial charge in [0.05, 0.1) is 17.3 Å². The molecule has 0 amide bonds. The Bertz CT molecular complexity index is 167. The number of aliphatic hydroxyl groups is 3. The van der Waals surface area contributed by atoms with E-state index in [0.29, 0.717) is 12.8 Å². The Morgan fingerprint density at radius 3 is 2.08 bits per heavy atom. The maximum absolute atomic E-state index is 9.53. The Kier molecular flexibility index (Phi) is 4.10. The summed E-state index contributed by atoms with van der Waals surface area (Å²) in [4.78, 5) is 0. The predicted molar refractivity (Wildman–Crippen MR) is 52.4 cm³/mol. The molecule has 3 N–H and O–H groups in total. The molecule has 3 heteroatoms. The van der Waals surface area contributed by atoms with E-state index >= 15 is 0 Å². The first kappa shape index (κ1) is 12.6. The van der Waals surface area contributed by atoms with Crippen molar-refractivity contribution in [1.29, 1.82) is 0 Å². The van der Waals surface area contributed by atoms with Crippen molar-refractivity contribution >= 4 is 0 Å². The van der Waals surface area contributed by atoms with Gasteiger partial charge in [-0.3, -0.25) is 0 Å². The molecule has 0 aliphatic rings. The van der Waals surface area contributed by atoms with Crippen LogP contribution in [0, 0.1) is 0 Å². The highest BCUT2D eigenvalue weighted by Crippen LogP contribution is 2.19.